The Morgan fingerprint density at radius 2 is 1.90 bits per heavy atom. The second kappa shape index (κ2) is 12.7. The molecule has 170 valence electrons. The Hall–Kier alpha value is -2.08. The van der Waals surface area contributed by atoms with Crippen molar-refractivity contribution in [3.05, 3.63) is 40.3 Å². The number of aryl methyl sites for hydroxylation is 1. The van der Waals surface area contributed by atoms with Crippen molar-refractivity contribution >= 4 is 52.9 Å². The zero-order valence-corrected chi connectivity index (χ0v) is 21.4. The fraction of sp³-hybridized carbons (Fsp3) is 0.476. The number of carbonyl (C=O) groups is 1. The summed E-state index contributed by atoms with van der Waals surface area (Å²) in [6, 6.07) is 8.19. The van der Waals surface area contributed by atoms with E-state index >= 15 is 0 Å². The average Bonchev–Trinajstić information content (AvgIpc) is 3.22. The Balaban J connectivity index is 0.00000341. The van der Waals surface area contributed by atoms with Crippen molar-refractivity contribution in [3.8, 4) is 5.75 Å². The molecule has 1 fully saturated rings. The van der Waals surface area contributed by atoms with Crippen molar-refractivity contribution in [2.24, 2.45) is 4.99 Å². The molecule has 1 aromatic heterocycles. The van der Waals surface area contributed by atoms with Gasteiger partial charge in [0, 0.05) is 45.0 Å². The number of amides is 1. The number of hydrogen-bond acceptors (Lipinski definition) is 6. The van der Waals surface area contributed by atoms with Crippen molar-refractivity contribution in [1.29, 1.82) is 0 Å². The number of aromatic nitrogens is 1. The summed E-state index contributed by atoms with van der Waals surface area (Å²) in [5.41, 5.74) is 3.67. The van der Waals surface area contributed by atoms with Gasteiger partial charge >= 0.3 is 0 Å². The molecular formula is C21H31IN6O2S. The number of guanidine groups is 1. The van der Waals surface area contributed by atoms with Crippen LogP contribution in [0.5, 0.6) is 5.75 Å². The highest BCUT2D eigenvalue weighted by Crippen LogP contribution is 2.20. The molecule has 1 saturated heterocycles. The maximum Gasteiger partial charge on any atom is 0.263 e. The van der Waals surface area contributed by atoms with E-state index < -0.39 is 0 Å². The summed E-state index contributed by atoms with van der Waals surface area (Å²) in [7, 11) is 1.68. The largest absolute Gasteiger partial charge is 0.497 e. The highest BCUT2D eigenvalue weighted by Gasteiger charge is 2.20. The van der Waals surface area contributed by atoms with E-state index in [-0.39, 0.29) is 29.9 Å². The Bertz CT molecular complexity index is 850. The fourth-order valence-corrected chi connectivity index (χ4v) is 4.05. The minimum Gasteiger partial charge on any atom is -0.497 e. The van der Waals surface area contributed by atoms with Crippen molar-refractivity contribution in [3.63, 3.8) is 0 Å². The quantitative estimate of drug-likeness (QED) is 0.236. The fourth-order valence-electron chi connectivity index (χ4n) is 3.33. The minimum atomic E-state index is -0.0803. The van der Waals surface area contributed by atoms with Crippen LogP contribution in [-0.2, 0) is 0 Å². The molecule has 2 N–H and O–H groups in total. The lowest BCUT2D eigenvalue weighted by molar-refractivity contribution is 0.0958. The molecule has 1 amide bonds. The number of benzene rings is 1. The van der Waals surface area contributed by atoms with Gasteiger partial charge in [-0.05, 0) is 38.1 Å². The monoisotopic (exact) mass is 558 g/mol. The molecule has 0 saturated carbocycles. The third-order valence-electron chi connectivity index (χ3n) is 4.96. The summed E-state index contributed by atoms with van der Waals surface area (Å²) in [6.07, 6.45) is 0. The molecule has 10 heteroatoms. The van der Waals surface area contributed by atoms with Crippen molar-refractivity contribution in [2.75, 3.05) is 57.8 Å². The predicted octanol–water partition coefficient (Wildman–Crippen LogP) is 2.60. The van der Waals surface area contributed by atoms with Gasteiger partial charge < -0.3 is 25.2 Å². The van der Waals surface area contributed by atoms with Gasteiger partial charge in [-0.1, -0.05) is 0 Å². The molecule has 2 heterocycles. The van der Waals surface area contributed by atoms with E-state index in [1.54, 1.807) is 12.6 Å². The van der Waals surface area contributed by atoms with Gasteiger partial charge in [0.1, 0.15) is 10.6 Å². The number of thiazole rings is 1. The van der Waals surface area contributed by atoms with Crippen LogP contribution in [-0.4, -0.2) is 74.7 Å². The van der Waals surface area contributed by atoms with E-state index in [0.29, 0.717) is 18.0 Å². The first-order chi connectivity index (χ1) is 14.6. The number of aliphatic imine (C=N–C) groups is 1. The lowest BCUT2D eigenvalue weighted by Gasteiger charge is -2.37. The second-order valence-electron chi connectivity index (χ2n) is 6.93. The van der Waals surface area contributed by atoms with E-state index in [9.17, 15) is 4.79 Å². The molecule has 0 spiro atoms. The average molecular weight is 558 g/mol. The predicted molar refractivity (Wildman–Crippen MR) is 137 cm³/mol. The van der Waals surface area contributed by atoms with E-state index in [0.717, 1.165) is 50.1 Å². The number of nitrogens with one attached hydrogen (secondary N) is 2. The highest BCUT2D eigenvalue weighted by atomic mass is 127. The summed E-state index contributed by atoms with van der Waals surface area (Å²) in [5, 5.41) is 6.29. The van der Waals surface area contributed by atoms with Gasteiger partial charge in [-0.3, -0.25) is 9.79 Å². The van der Waals surface area contributed by atoms with Crippen LogP contribution >= 0.6 is 35.3 Å². The topological polar surface area (TPSA) is 82.1 Å². The third-order valence-corrected chi connectivity index (χ3v) is 5.89. The zero-order valence-electron chi connectivity index (χ0n) is 18.3. The minimum absolute atomic E-state index is 0. The van der Waals surface area contributed by atoms with Crippen LogP contribution in [0, 0.1) is 6.92 Å². The maximum absolute atomic E-state index is 12.2. The molecule has 1 aliphatic rings. The lowest BCUT2D eigenvalue weighted by Crippen LogP contribution is -2.52. The van der Waals surface area contributed by atoms with Gasteiger partial charge in [0.2, 0.25) is 0 Å². The van der Waals surface area contributed by atoms with Gasteiger partial charge in [-0.2, -0.15) is 0 Å². The molecule has 0 radical (unpaired) electrons. The highest BCUT2D eigenvalue weighted by molar-refractivity contribution is 14.0. The first-order valence-electron chi connectivity index (χ1n) is 10.2. The first kappa shape index (κ1) is 25.2. The summed E-state index contributed by atoms with van der Waals surface area (Å²) < 4.78 is 5.24. The molecule has 3 rings (SSSR count). The Kier molecular flexibility index (Phi) is 10.3. The molecule has 0 atom stereocenters. The number of piperazine rings is 1. The van der Waals surface area contributed by atoms with Crippen LogP contribution < -0.4 is 20.3 Å². The normalized spacial score (nSPS) is 14.1. The van der Waals surface area contributed by atoms with Crippen LogP contribution in [0.1, 0.15) is 22.3 Å². The maximum atomic E-state index is 12.2. The van der Waals surface area contributed by atoms with Crippen molar-refractivity contribution in [2.45, 2.75) is 13.8 Å². The number of rotatable bonds is 7. The van der Waals surface area contributed by atoms with E-state index in [4.69, 9.17) is 9.73 Å². The van der Waals surface area contributed by atoms with Crippen LogP contribution in [0.25, 0.3) is 0 Å². The van der Waals surface area contributed by atoms with E-state index in [1.807, 2.05) is 19.1 Å². The van der Waals surface area contributed by atoms with Gasteiger partial charge in [0.15, 0.2) is 5.96 Å². The second-order valence-corrected chi connectivity index (χ2v) is 7.79. The Morgan fingerprint density at radius 1 is 1.19 bits per heavy atom. The van der Waals surface area contributed by atoms with E-state index in [2.05, 4.69) is 44.5 Å². The first-order valence-corrected chi connectivity index (χ1v) is 11.1. The molecule has 1 aliphatic heterocycles. The van der Waals surface area contributed by atoms with Crippen molar-refractivity contribution in [1.82, 2.24) is 20.5 Å². The Morgan fingerprint density at radius 3 is 2.48 bits per heavy atom. The number of carbonyl (C=O) groups excluding carboxylic acids is 1. The number of hydrogen-bond donors (Lipinski definition) is 2. The van der Waals surface area contributed by atoms with Gasteiger partial charge in [-0.15, -0.1) is 35.3 Å². The zero-order chi connectivity index (χ0) is 21.3. The van der Waals surface area contributed by atoms with Crippen LogP contribution in [0.3, 0.4) is 0 Å². The molecule has 2 aromatic rings. The molecule has 31 heavy (non-hydrogen) atoms. The standard InChI is InChI=1S/C21H30N6O2S.HI/c1-4-22-21(24-10-9-23-20(28)19-16(2)25-15-30-19)27-13-11-26(12-14-27)17-5-7-18(29-3)8-6-17;/h5-8,15H,4,9-14H2,1-3H3,(H,22,24)(H,23,28);1H. The van der Waals surface area contributed by atoms with Gasteiger partial charge in [0.25, 0.3) is 5.91 Å². The summed E-state index contributed by atoms with van der Waals surface area (Å²) in [6.45, 7) is 9.40. The summed E-state index contributed by atoms with van der Waals surface area (Å²) >= 11 is 1.36. The number of methoxy groups -OCH3 is 1. The van der Waals surface area contributed by atoms with E-state index in [1.165, 1.54) is 17.0 Å². The molecule has 0 unspecified atom stereocenters. The van der Waals surface area contributed by atoms with Crippen LogP contribution in [0.4, 0.5) is 5.69 Å². The summed E-state index contributed by atoms with van der Waals surface area (Å²) in [4.78, 5) is 26.3. The van der Waals surface area contributed by atoms with Gasteiger partial charge in [0.05, 0.1) is 24.9 Å². The molecular weight excluding hydrogens is 527 g/mol. The van der Waals surface area contributed by atoms with Crippen molar-refractivity contribution < 1.29 is 9.53 Å². The lowest BCUT2D eigenvalue weighted by atomic mass is 10.2. The summed E-state index contributed by atoms with van der Waals surface area (Å²) in [5.74, 6) is 1.69. The molecule has 8 nitrogen and oxygen atoms in total. The number of ether oxygens (including phenoxy) is 1. The number of halogens is 1. The molecule has 1 aromatic carbocycles. The van der Waals surface area contributed by atoms with Crippen LogP contribution in [0.2, 0.25) is 0 Å². The smallest absolute Gasteiger partial charge is 0.263 e. The Labute approximate surface area is 205 Å². The molecule has 0 bridgehead atoms. The number of anilines is 1. The SMILES string of the molecule is CCNC(=NCCNC(=O)c1scnc1C)N1CCN(c2ccc(OC)cc2)CC1.I. The van der Waals surface area contributed by atoms with Crippen LogP contribution in [0.15, 0.2) is 34.8 Å². The molecule has 0 aliphatic carbocycles. The number of nitrogens with zero attached hydrogens (tertiary/aromatic N) is 4. The third kappa shape index (κ3) is 6.96. The van der Waals surface area contributed by atoms with Gasteiger partial charge in [-0.25, -0.2) is 4.98 Å².